The van der Waals surface area contributed by atoms with Crippen molar-refractivity contribution in [2.45, 2.75) is 25.5 Å². The van der Waals surface area contributed by atoms with E-state index < -0.39 is 0 Å². The fourth-order valence-electron chi connectivity index (χ4n) is 2.27. The molecule has 3 fully saturated rings. The predicted octanol–water partition coefficient (Wildman–Crippen LogP) is 0.457. The molecule has 0 atom stereocenters. The summed E-state index contributed by atoms with van der Waals surface area (Å²) < 4.78 is 7.43. The van der Waals surface area contributed by atoms with E-state index in [-0.39, 0.29) is 0 Å². The second-order valence-corrected chi connectivity index (χ2v) is 3.94. The maximum atomic E-state index is 5.52. The largest absolute Gasteiger partial charge is 0.378 e. The van der Waals surface area contributed by atoms with Gasteiger partial charge in [-0.2, -0.15) is 0 Å². The number of hydrogen-bond acceptors (Lipinski definition) is 3. The van der Waals surface area contributed by atoms with Crippen molar-refractivity contribution in [1.82, 2.24) is 15.0 Å². The summed E-state index contributed by atoms with van der Waals surface area (Å²) in [6.07, 6.45) is 6.62. The number of nitrogens with zero attached hydrogens (tertiary/aromatic N) is 3. The zero-order chi connectivity index (χ0) is 8.02. The standard InChI is InChI=1S/C8H11N3O/c1-2-11(10-9-1)5-8-3-7(4-8)12-6-8/h1-2,7H,3-6H2. The number of ether oxygens (including phenoxy) is 1. The molecule has 1 aromatic rings. The Morgan fingerprint density at radius 2 is 2.50 bits per heavy atom. The summed E-state index contributed by atoms with van der Waals surface area (Å²) in [7, 11) is 0. The second-order valence-electron chi connectivity index (χ2n) is 3.94. The molecule has 12 heavy (non-hydrogen) atoms. The van der Waals surface area contributed by atoms with Gasteiger partial charge in [-0.05, 0) is 12.8 Å². The zero-order valence-corrected chi connectivity index (χ0v) is 6.81. The molecule has 0 aromatic carbocycles. The molecular formula is C8H11N3O. The maximum Gasteiger partial charge on any atom is 0.0692 e. The smallest absolute Gasteiger partial charge is 0.0692 e. The van der Waals surface area contributed by atoms with Crippen LogP contribution in [-0.2, 0) is 11.3 Å². The predicted molar refractivity (Wildman–Crippen MR) is 41.4 cm³/mol. The van der Waals surface area contributed by atoms with E-state index in [1.54, 1.807) is 6.20 Å². The average Bonchev–Trinajstić information content (AvgIpc) is 2.61. The third-order valence-corrected chi connectivity index (χ3v) is 2.92. The molecule has 1 aromatic heterocycles. The highest BCUT2D eigenvalue weighted by molar-refractivity contribution is 5.00. The SMILES string of the molecule is c1cn(CC23COC(C2)C3)nn1. The number of rotatable bonds is 2. The van der Waals surface area contributed by atoms with Crippen LogP contribution in [0.3, 0.4) is 0 Å². The highest BCUT2D eigenvalue weighted by Crippen LogP contribution is 2.50. The summed E-state index contributed by atoms with van der Waals surface area (Å²) in [5, 5.41) is 7.75. The van der Waals surface area contributed by atoms with E-state index in [1.807, 2.05) is 10.9 Å². The molecule has 0 unspecified atom stereocenters. The van der Waals surface area contributed by atoms with Crippen LogP contribution in [0.4, 0.5) is 0 Å². The lowest BCUT2D eigenvalue weighted by atomic mass is 9.70. The zero-order valence-electron chi connectivity index (χ0n) is 6.81. The maximum absolute atomic E-state index is 5.52. The van der Waals surface area contributed by atoms with Crippen molar-refractivity contribution in [3.05, 3.63) is 12.4 Å². The van der Waals surface area contributed by atoms with E-state index in [1.165, 1.54) is 12.8 Å². The van der Waals surface area contributed by atoms with Gasteiger partial charge in [-0.3, -0.25) is 4.68 Å². The van der Waals surface area contributed by atoms with Crippen LogP contribution in [-0.4, -0.2) is 27.7 Å². The minimum absolute atomic E-state index is 0.401. The van der Waals surface area contributed by atoms with E-state index >= 15 is 0 Å². The summed E-state index contributed by atoms with van der Waals surface area (Å²) in [5.41, 5.74) is 0.401. The Morgan fingerprint density at radius 3 is 3.08 bits per heavy atom. The summed E-state index contributed by atoms with van der Waals surface area (Å²) >= 11 is 0. The van der Waals surface area contributed by atoms with Gasteiger partial charge in [0.05, 0.1) is 25.5 Å². The lowest BCUT2D eigenvalue weighted by Gasteiger charge is -2.34. The lowest BCUT2D eigenvalue weighted by molar-refractivity contribution is 0.103. The van der Waals surface area contributed by atoms with E-state index in [9.17, 15) is 0 Å². The van der Waals surface area contributed by atoms with E-state index in [0.29, 0.717) is 11.5 Å². The summed E-state index contributed by atoms with van der Waals surface area (Å²) in [5.74, 6) is 0. The van der Waals surface area contributed by atoms with Gasteiger partial charge in [0, 0.05) is 11.6 Å². The van der Waals surface area contributed by atoms with Crippen molar-refractivity contribution < 1.29 is 4.74 Å². The van der Waals surface area contributed by atoms with E-state index in [4.69, 9.17) is 4.74 Å². The molecule has 3 aliphatic rings. The minimum Gasteiger partial charge on any atom is -0.378 e. The van der Waals surface area contributed by atoms with Gasteiger partial charge in [0.25, 0.3) is 0 Å². The third-order valence-electron chi connectivity index (χ3n) is 2.92. The van der Waals surface area contributed by atoms with Crippen LogP contribution in [0.2, 0.25) is 0 Å². The topological polar surface area (TPSA) is 39.9 Å². The van der Waals surface area contributed by atoms with Crippen LogP contribution in [0.1, 0.15) is 12.8 Å². The molecule has 2 saturated heterocycles. The van der Waals surface area contributed by atoms with Gasteiger partial charge in [-0.15, -0.1) is 5.10 Å². The molecule has 4 rings (SSSR count). The van der Waals surface area contributed by atoms with Crippen LogP contribution in [0.5, 0.6) is 0 Å². The van der Waals surface area contributed by atoms with Gasteiger partial charge in [-0.25, -0.2) is 0 Å². The fourth-order valence-corrected chi connectivity index (χ4v) is 2.27. The molecule has 4 heteroatoms. The number of hydrogen-bond donors (Lipinski definition) is 0. The van der Waals surface area contributed by atoms with Crippen LogP contribution in [0.25, 0.3) is 0 Å². The monoisotopic (exact) mass is 165 g/mol. The number of fused-ring (bicyclic) bond motifs is 1. The Labute approximate surface area is 70.5 Å². The molecule has 0 N–H and O–H groups in total. The van der Waals surface area contributed by atoms with Crippen LogP contribution in [0, 0.1) is 5.41 Å². The number of aromatic nitrogens is 3. The van der Waals surface area contributed by atoms with Gasteiger partial charge >= 0.3 is 0 Å². The van der Waals surface area contributed by atoms with Gasteiger partial charge in [-0.1, -0.05) is 5.21 Å². The molecule has 4 nitrogen and oxygen atoms in total. The molecule has 1 saturated carbocycles. The molecule has 64 valence electrons. The van der Waals surface area contributed by atoms with Crippen molar-refractivity contribution in [1.29, 1.82) is 0 Å². The van der Waals surface area contributed by atoms with Crippen LogP contribution in [0.15, 0.2) is 12.4 Å². The average molecular weight is 165 g/mol. The molecule has 2 aliphatic heterocycles. The van der Waals surface area contributed by atoms with Crippen LogP contribution >= 0.6 is 0 Å². The van der Waals surface area contributed by atoms with Gasteiger partial charge in [0.1, 0.15) is 0 Å². The van der Waals surface area contributed by atoms with E-state index in [0.717, 1.165) is 13.2 Å². The summed E-state index contributed by atoms with van der Waals surface area (Å²) in [6.45, 7) is 1.89. The van der Waals surface area contributed by atoms with Crippen molar-refractivity contribution in [3.63, 3.8) is 0 Å². The Balaban J connectivity index is 1.76. The first-order valence-electron chi connectivity index (χ1n) is 4.32. The quantitative estimate of drug-likeness (QED) is 0.639. The Hall–Kier alpha value is -0.900. The Morgan fingerprint density at radius 1 is 1.58 bits per heavy atom. The molecule has 0 amide bonds. The van der Waals surface area contributed by atoms with Crippen LogP contribution < -0.4 is 0 Å². The minimum atomic E-state index is 0.401. The highest BCUT2D eigenvalue weighted by Gasteiger charge is 2.52. The molecule has 1 aliphatic carbocycles. The summed E-state index contributed by atoms with van der Waals surface area (Å²) in [6, 6.07) is 0. The van der Waals surface area contributed by atoms with E-state index in [2.05, 4.69) is 10.3 Å². The van der Waals surface area contributed by atoms with Gasteiger partial charge < -0.3 is 4.74 Å². The fraction of sp³-hybridized carbons (Fsp3) is 0.750. The van der Waals surface area contributed by atoms with Crippen molar-refractivity contribution in [3.8, 4) is 0 Å². The van der Waals surface area contributed by atoms with Crippen molar-refractivity contribution in [2.75, 3.05) is 6.61 Å². The first kappa shape index (κ1) is 6.60. The van der Waals surface area contributed by atoms with Gasteiger partial charge in [0.15, 0.2) is 0 Å². The van der Waals surface area contributed by atoms with Crippen molar-refractivity contribution >= 4 is 0 Å². The van der Waals surface area contributed by atoms with Gasteiger partial charge in [0.2, 0.25) is 0 Å². The molecule has 0 radical (unpaired) electrons. The molecule has 0 spiro atoms. The Bertz CT molecular complexity index is 271. The molecule has 3 heterocycles. The first-order chi connectivity index (χ1) is 5.86. The third kappa shape index (κ3) is 0.813. The first-order valence-corrected chi connectivity index (χ1v) is 4.32. The highest BCUT2D eigenvalue weighted by atomic mass is 16.5. The normalized spacial score (nSPS) is 38.2. The Kier molecular flexibility index (Phi) is 1.14. The van der Waals surface area contributed by atoms with Crippen molar-refractivity contribution in [2.24, 2.45) is 5.41 Å². The summed E-state index contributed by atoms with van der Waals surface area (Å²) in [4.78, 5) is 0. The molecule has 2 bridgehead atoms. The second kappa shape index (κ2) is 2.07. The lowest BCUT2D eigenvalue weighted by Crippen LogP contribution is -2.36. The molecular weight excluding hydrogens is 154 g/mol.